The highest BCUT2D eigenvalue weighted by atomic mass is 32.1. The molecule has 4 N–H and O–H groups in total. The number of nitrogens with two attached hydrogens (primary N) is 1. The van der Waals surface area contributed by atoms with Gasteiger partial charge in [-0.25, -0.2) is 4.63 Å². The molecule has 0 saturated carbocycles. The van der Waals surface area contributed by atoms with Crippen molar-refractivity contribution in [1.82, 2.24) is 15.6 Å². The van der Waals surface area contributed by atoms with Gasteiger partial charge in [0.05, 0.1) is 6.10 Å². The second-order valence-corrected chi connectivity index (χ2v) is 4.06. The van der Waals surface area contributed by atoms with Gasteiger partial charge in [-0.15, -0.1) is 0 Å². The molecule has 2 heterocycles. The maximum absolute atomic E-state index is 11.5. The van der Waals surface area contributed by atoms with Crippen LogP contribution in [-0.2, 0) is 0 Å². The quantitative estimate of drug-likeness (QED) is 0.717. The summed E-state index contributed by atoms with van der Waals surface area (Å²) in [6, 6.07) is 1.79. The molecule has 2 aromatic rings. The molecular formula is C9H10N4O3S. The summed E-state index contributed by atoms with van der Waals surface area (Å²) in [5.74, 6) is -0.606. The van der Waals surface area contributed by atoms with Crippen LogP contribution in [0.4, 0.5) is 5.82 Å². The van der Waals surface area contributed by atoms with Crippen molar-refractivity contribution in [2.24, 2.45) is 0 Å². The molecule has 0 aliphatic rings. The summed E-state index contributed by atoms with van der Waals surface area (Å²) in [6.45, 7) is 0.0713. The third-order valence-electron chi connectivity index (χ3n) is 2.11. The molecule has 1 atom stereocenters. The Kier molecular flexibility index (Phi) is 3.35. The molecule has 90 valence electrons. The fourth-order valence-corrected chi connectivity index (χ4v) is 1.92. The Morgan fingerprint density at radius 3 is 3.06 bits per heavy atom. The zero-order chi connectivity index (χ0) is 12.3. The molecule has 0 spiro atoms. The van der Waals surface area contributed by atoms with Crippen LogP contribution in [0.3, 0.4) is 0 Å². The first-order valence-electron chi connectivity index (χ1n) is 4.75. The van der Waals surface area contributed by atoms with Gasteiger partial charge in [-0.2, -0.15) is 11.3 Å². The van der Waals surface area contributed by atoms with E-state index < -0.39 is 12.0 Å². The third-order valence-corrected chi connectivity index (χ3v) is 2.81. The molecule has 0 aliphatic heterocycles. The van der Waals surface area contributed by atoms with Gasteiger partial charge >= 0.3 is 0 Å². The lowest BCUT2D eigenvalue weighted by atomic mass is 10.2. The minimum atomic E-state index is -0.758. The van der Waals surface area contributed by atoms with E-state index in [1.165, 1.54) is 11.3 Å². The molecule has 0 fully saturated rings. The minimum absolute atomic E-state index is 0.0713. The highest BCUT2D eigenvalue weighted by Crippen LogP contribution is 2.15. The Labute approximate surface area is 100 Å². The van der Waals surface area contributed by atoms with Gasteiger partial charge in [0.25, 0.3) is 5.91 Å². The van der Waals surface area contributed by atoms with Gasteiger partial charge in [-0.3, -0.25) is 4.79 Å². The van der Waals surface area contributed by atoms with Gasteiger partial charge in [0, 0.05) is 6.54 Å². The standard InChI is InChI=1S/C9H10N4O3S/c10-8-7(12-16-13-8)9(15)11-3-6(14)5-1-2-17-4-5/h1-2,4,6,14H,3H2,(H2,10,13)(H,11,15). The van der Waals surface area contributed by atoms with Crippen LogP contribution in [0.5, 0.6) is 0 Å². The van der Waals surface area contributed by atoms with Crippen molar-refractivity contribution >= 4 is 23.1 Å². The summed E-state index contributed by atoms with van der Waals surface area (Å²) in [6.07, 6.45) is -0.758. The first kappa shape index (κ1) is 11.6. The zero-order valence-electron chi connectivity index (χ0n) is 8.66. The van der Waals surface area contributed by atoms with E-state index in [2.05, 4.69) is 20.3 Å². The molecule has 0 bridgehead atoms. The van der Waals surface area contributed by atoms with Gasteiger partial charge in [-0.1, -0.05) is 0 Å². The van der Waals surface area contributed by atoms with Crippen LogP contribution < -0.4 is 11.1 Å². The summed E-state index contributed by atoms with van der Waals surface area (Å²) in [5, 5.41) is 22.5. The molecule has 8 heteroatoms. The highest BCUT2D eigenvalue weighted by Gasteiger charge is 2.17. The number of rotatable bonds is 4. The van der Waals surface area contributed by atoms with Crippen molar-refractivity contribution in [3.05, 3.63) is 28.1 Å². The normalized spacial score (nSPS) is 12.3. The number of aromatic nitrogens is 2. The lowest BCUT2D eigenvalue weighted by molar-refractivity contribution is 0.0907. The Bertz CT molecular complexity index is 496. The van der Waals surface area contributed by atoms with Crippen LogP contribution in [-0.4, -0.2) is 27.9 Å². The van der Waals surface area contributed by atoms with E-state index in [0.29, 0.717) is 0 Å². The van der Waals surface area contributed by atoms with Gasteiger partial charge < -0.3 is 16.2 Å². The van der Waals surface area contributed by atoms with Crippen molar-refractivity contribution in [2.45, 2.75) is 6.10 Å². The topological polar surface area (TPSA) is 114 Å². The number of nitrogens with one attached hydrogen (secondary N) is 1. The Hall–Kier alpha value is -1.93. The largest absolute Gasteiger partial charge is 0.387 e. The van der Waals surface area contributed by atoms with Crippen molar-refractivity contribution in [3.8, 4) is 0 Å². The van der Waals surface area contributed by atoms with Crippen molar-refractivity contribution in [3.63, 3.8) is 0 Å². The van der Waals surface area contributed by atoms with Gasteiger partial charge in [0.2, 0.25) is 11.5 Å². The average Bonchev–Trinajstić information content (AvgIpc) is 2.95. The smallest absolute Gasteiger partial charge is 0.277 e. The first-order valence-corrected chi connectivity index (χ1v) is 5.69. The SMILES string of the molecule is Nc1nonc1C(=O)NCC(O)c1ccsc1. The molecule has 0 aliphatic carbocycles. The Morgan fingerprint density at radius 1 is 1.65 bits per heavy atom. The highest BCUT2D eigenvalue weighted by molar-refractivity contribution is 7.07. The van der Waals surface area contributed by atoms with E-state index in [-0.39, 0.29) is 18.1 Å². The van der Waals surface area contributed by atoms with Gasteiger partial charge in [0.1, 0.15) is 0 Å². The van der Waals surface area contributed by atoms with Crippen LogP contribution in [0.15, 0.2) is 21.5 Å². The molecule has 2 rings (SSSR count). The lowest BCUT2D eigenvalue weighted by Crippen LogP contribution is -2.29. The second kappa shape index (κ2) is 4.93. The number of nitrogen functional groups attached to an aromatic ring is 1. The fourth-order valence-electron chi connectivity index (χ4n) is 1.21. The lowest BCUT2D eigenvalue weighted by Gasteiger charge is -2.09. The predicted molar refractivity (Wildman–Crippen MR) is 60.3 cm³/mol. The van der Waals surface area contributed by atoms with Gasteiger partial charge in [0.15, 0.2) is 0 Å². The number of hydrogen-bond acceptors (Lipinski definition) is 7. The zero-order valence-corrected chi connectivity index (χ0v) is 9.48. The van der Waals surface area contributed by atoms with Crippen molar-refractivity contribution in [1.29, 1.82) is 0 Å². The average molecular weight is 254 g/mol. The monoisotopic (exact) mass is 254 g/mol. The number of aliphatic hydroxyl groups is 1. The summed E-state index contributed by atoms with van der Waals surface area (Å²) in [7, 11) is 0. The van der Waals surface area contributed by atoms with Crippen LogP contribution in [0, 0.1) is 0 Å². The molecule has 7 nitrogen and oxygen atoms in total. The van der Waals surface area contributed by atoms with Gasteiger partial charge in [-0.05, 0) is 32.7 Å². The van der Waals surface area contributed by atoms with E-state index >= 15 is 0 Å². The van der Waals surface area contributed by atoms with E-state index in [4.69, 9.17) is 5.73 Å². The first-order chi connectivity index (χ1) is 8.18. The van der Waals surface area contributed by atoms with Crippen LogP contribution >= 0.6 is 11.3 Å². The van der Waals surface area contributed by atoms with Crippen LogP contribution in [0.1, 0.15) is 22.2 Å². The Morgan fingerprint density at radius 2 is 2.47 bits per heavy atom. The molecular weight excluding hydrogens is 244 g/mol. The number of amides is 1. The number of anilines is 1. The number of hydrogen-bond donors (Lipinski definition) is 3. The van der Waals surface area contributed by atoms with E-state index in [1.807, 2.05) is 10.8 Å². The predicted octanol–water partition coefficient (Wildman–Crippen LogP) is 0.177. The summed E-state index contributed by atoms with van der Waals surface area (Å²) in [5.41, 5.74) is 6.02. The molecule has 0 saturated heterocycles. The molecule has 0 aromatic carbocycles. The van der Waals surface area contributed by atoms with Crippen molar-refractivity contribution < 1.29 is 14.5 Å². The van der Waals surface area contributed by atoms with E-state index in [1.54, 1.807) is 6.07 Å². The number of nitrogens with zero attached hydrogens (tertiary/aromatic N) is 2. The summed E-state index contributed by atoms with van der Waals surface area (Å²) in [4.78, 5) is 11.5. The molecule has 1 unspecified atom stereocenters. The number of carbonyl (C=O) groups excluding carboxylic acids is 1. The molecule has 17 heavy (non-hydrogen) atoms. The summed E-state index contributed by atoms with van der Waals surface area (Å²) < 4.78 is 4.30. The molecule has 1 amide bonds. The molecule has 2 aromatic heterocycles. The van der Waals surface area contributed by atoms with Crippen LogP contribution in [0.2, 0.25) is 0 Å². The maximum atomic E-state index is 11.5. The number of thiophene rings is 1. The number of aliphatic hydroxyl groups excluding tert-OH is 1. The van der Waals surface area contributed by atoms with Crippen LogP contribution in [0.25, 0.3) is 0 Å². The maximum Gasteiger partial charge on any atom is 0.277 e. The van der Waals surface area contributed by atoms with E-state index in [9.17, 15) is 9.90 Å². The van der Waals surface area contributed by atoms with E-state index in [0.717, 1.165) is 5.56 Å². The Balaban J connectivity index is 1.91. The minimum Gasteiger partial charge on any atom is -0.387 e. The summed E-state index contributed by atoms with van der Waals surface area (Å²) >= 11 is 1.47. The van der Waals surface area contributed by atoms with Crippen molar-refractivity contribution in [2.75, 3.05) is 12.3 Å². The second-order valence-electron chi connectivity index (χ2n) is 3.28. The fraction of sp³-hybridized carbons (Fsp3) is 0.222. The number of carbonyl (C=O) groups is 1. The molecule has 0 radical (unpaired) electrons. The third kappa shape index (κ3) is 2.60.